The number of hydrogen-bond acceptors (Lipinski definition) is 6. The molecule has 1 aromatic heterocycles. The van der Waals surface area contributed by atoms with Gasteiger partial charge in [-0.1, -0.05) is 12.1 Å². The molecule has 0 saturated carbocycles. The van der Waals surface area contributed by atoms with E-state index in [2.05, 4.69) is 9.78 Å². The van der Waals surface area contributed by atoms with Gasteiger partial charge in [-0.05, 0) is 12.1 Å². The van der Waals surface area contributed by atoms with E-state index in [9.17, 15) is 4.79 Å². The van der Waals surface area contributed by atoms with Gasteiger partial charge in [-0.15, -0.1) is 0 Å². The topological polar surface area (TPSA) is 96.2 Å². The maximum atomic E-state index is 11.7. The Morgan fingerprint density at radius 1 is 1.10 bits per heavy atom. The van der Waals surface area contributed by atoms with E-state index >= 15 is 0 Å². The molecule has 20 heavy (non-hydrogen) atoms. The van der Waals surface area contributed by atoms with E-state index in [0.717, 1.165) is 13.2 Å². The van der Waals surface area contributed by atoms with E-state index in [1.165, 1.54) is 6.07 Å². The van der Waals surface area contributed by atoms with Gasteiger partial charge in [0.15, 0.2) is 11.3 Å². The molecule has 6 heteroatoms. The van der Waals surface area contributed by atoms with E-state index < -0.39 is 5.92 Å². The first-order valence-electron chi connectivity index (χ1n) is 5.82. The van der Waals surface area contributed by atoms with Crippen LogP contribution in [0.3, 0.4) is 0 Å². The molecular formula is C14H10N2O4. The van der Waals surface area contributed by atoms with Crippen LogP contribution in [0.5, 0.6) is 0 Å². The third-order valence-corrected chi connectivity index (χ3v) is 2.53. The maximum Gasteiger partial charge on any atom is 0.193 e. The summed E-state index contributed by atoms with van der Waals surface area (Å²) in [5.74, 6) is -0.953. The van der Waals surface area contributed by atoms with Gasteiger partial charge in [0.25, 0.3) is 0 Å². The fraction of sp³-hybridized carbons (Fsp3) is 0.214. The first-order chi connectivity index (χ1) is 9.76. The van der Waals surface area contributed by atoms with Crippen LogP contribution in [0.4, 0.5) is 0 Å². The van der Waals surface area contributed by atoms with Gasteiger partial charge >= 0.3 is 0 Å². The van der Waals surface area contributed by atoms with Gasteiger partial charge in [0, 0.05) is 6.07 Å². The van der Waals surface area contributed by atoms with Crippen molar-refractivity contribution < 1.29 is 14.2 Å². The van der Waals surface area contributed by atoms with Crippen LogP contribution in [0.15, 0.2) is 39.5 Å². The Morgan fingerprint density at radius 2 is 1.70 bits per heavy atom. The zero-order valence-electron chi connectivity index (χ0n) is 10.4. The number of nitriles is 2. The van der Waals surface area contributed by atoms with Gasteiger partial charge in [0.2, 0.25) is 0 Å². The molecule has 0 bridgehead atoms. The molecule has 1 fully saturated rings. The zero-order chi connectivity index (χ0) is 14.4. The Morgan fingerprint density at radius 3 is 2.25 bits per heavy atom. The SMILES string of the molecule is C1COO1.N#CC(C#N)c1cc(=O)c2ccccc2o1. The van der Waals surface area contributed by atoms with Crippen molar-refractivity contribution in [2.24, 2.45) is 0 Å². The molecule has 0 radical (unpaired) electrons. The quantitative estimate of drug-likeness (QED) is 0.734. The van der Waals surface area contributed by atoms with Crippen molar-refractivity contribution in [2.45, 2.75) is 5.92 Å². The molecule has 100 valence electrons. The van der Waals surface area contributed by atoms with E-state index in [0.29, 0.717) is 11.0 Å². The molecule has 2 heterocycles. The standard InChI is InChI=1S/C12H6N2O2.C2H4O2/c13-6-8(7-14)12-5-10(15)9-3-1-2-4-11(9)16-12;1-2-4-3-1/h1-5,8H;1-2H2. The lowest BCUT2D eigenvalue weighted by atomic mass is 10.1. The highest BCUT2D eigenvalue weighted by molar-refractivity contribution is 5.76. The summed E-state index contributed by atoms with van der Waals surface area (Å²) in [4.78, 5) is 20.1. The third kappa shape index (κ3) is 3.01. The first kappa shape index (κ1) is 13.8. The molecule has 1 aliphatic heterocycles. The van der Waals surface area contributed by atoms with E-state index in [4.69, 9.17) is 14.9 Å². The molecule has 0 atom stereocenters. The van der Waals surface area contributed by atoms with Gasteiger partial charge in [0.05, 0.1) is 17.5 Å². The van der Waals surface area contributed by atoms with Crippen molar-refractivity contribution in [2.75, 3.05) is 13.2 Å². The van der Waals surface area contributed by atoms with Crippen molar-refractivity contribution in [3.63, 3.8) is 0 Å². The smallest absolute Gasteiger partial charge is 0.193 e. The molecule has 0 amide bonds. The number of benzene rings is 1. The fourth-order valence-electron chi connectivity index (χ4n) is 1.50. The predicted octanol–water partition coefficient (Wildman–Crippen LogP) is 1.87. The highest BCUT2D eigenvalue weighted by Crippen LogP contribution is 2.17. The van der Waals surface area contributed by atoms with Crippen molar-refractivity contribution in [1.82, 2.24) is 0 Å². The summed E-state index contributed by atoms with van der Waals surface area (Å²) in [6.45, 7) is 1.56. The van der Waals surface area contributed by atoms with Gasteiger partial charge in [-0.2, -0.15) is 10.5 Å². The van der Waals surface area contributed by atoms with Gasteiger partial charge in [0.1, 0.15) is 24.6 Å². The molecule has 3 rings (SSSR count). The van der Waals surface area contributed by atoms with Crippen LogP contribution in [-0.2, 0) is 9.78 Å². The van der Waals surface area contributed by atoms with Gasteiger partial charge in [-0.3, -0.25) is 4.79 Å². The lowest BCUT2D eigenvalue weighted by Gasteiger charge is -2.08. The molecule has 6 nitrogen and oxygen atoms in total. The van der Waals surface area contributed by atoms with E-state index in [-0.39, 0.29) is 11.2 Å². The minimum atomic E-state index is -1.04. The van der Waals surface area contributed by atoms with Crippen LogP contribution >= 0.6 is 0 Å². The van der Waals surface area contributed by atoms with Crippen LogP contribution in [0.25, 0.3) is 11.0 Å². The number of hydrogen-bond donors (Lipinski definition) is 0. The number of nitrogens with zero attached hydrogens (tertiary/aromatic N) is 2. The Hall–Kier alpha value is -2.67. The second-order valence-electron chi connectivity index (χ2n) is 3.84. The minimum Gasteiger partial charge on any atom is -0.458 e. The fourth-order valence-corrected chi connectivity index (χ4v) is 1.50. The molecule has 1 aromatic carbocycles. The average molecular weight is 270 g/mol. The Kier molecular flexibility index (Phi) is 4.46. The Balaban J connectivity index is 0.000000315. The summed E-state index contributed by atoms with van der Waals surface area (Å²) < 4.78 is 5.34. The molecule has 0 N–H and O–H groups in total. The molecule has 1 aliphatic rings. The average Bonchev–Trinajstić information content (AvgIpc) is 2.38. The predicted molar refractivity (Wildman–Crippen MR) is 68.4 cm³/mol. The lowest BCUT2D eigenvalue weighted by Crippen LogP contribution is -2.14. The molecule has 1 saturated heterocycles. The molecule has 0 spiro atoms. The Labute approximate surface area is 114 Å². The molecule has 0 aliphatic carbocycles. The summed E-state index contributed by atoms with van der Waals surface area (Å²) in [5.41, 5.74) is 0.146. The highest BCUT2D eigenvalue weighted by Gasteiger charge is 2.14. The van der Waals surface area contributed by atoms with Gasteiger partial charge in [-0.25, -0.2) is 9.78 Å². The van der Waals surface area contributed by atoms with Crippen LogP contribution in [0.1, 0.15) is 11.7 Å². The van der Waals surface area contributed by atoms with E-state index in [1.54, 1.807) is 36.4 Å². The van der Waals surface area contributed by atoms with Crippen molar-refractivity contribution >= 4 is 11.0 Å². The number of para-hydroxylation sites is 1. The minimum absolute atomic E-state index is 0.0914. The van der Waals surface area contributed by atoms with Crippen LogP contribution in [-0.4, -0.2) is 13.2 Å². The molecule has 0 unspecified atom stereocenters. The van der Waals surface area contributed by atoms with Crippen molar-refractivity contribution in [3.8, 4) is 12.1 Å². The number of rotatable bonds is 1. The highest BCUT2D eigenvalue weighted by atomic mass is 17.2. The summed E-state index contributed by atoms with van der Waals surface area (Å²) in [7, 11) is 0. The maximum absolute atomic E-state index is 11.7. The van der Waals surface area contributed by atoms with Crippen molar-refractivity contribution in [1.29, 1.82) is 10.5 Å². The van der Waals surface area contributed by atoms with Gasteiger partial charge < -0.3 is 4.42 Å². The Bertz CT molecular complexity index is 717. The summed E-state index contributed by atoms with van der Waals surface area (Å²) in [6.07, 6.45) is 0. The van der Waals surface area contributed by atoms with E-state index in [1.807, 2.05) is 0 Å². The second kappa shape index (κ2) is 6.48. The largest absolute Gasteiger partial charge is 0.458 e. The normalized spacial score (nSPS) is 12.8. The second-order valence-corrected chi connectivity index (χ2v) is 3.84. The monoisotopic (exact) mass is 270 g/mol. The van der Waals surface area contributed by atoms with Crippen LogP contribution in [0, 0.1) is 22.7 Å². The summed E-state index contributed by atoms with van der Waals surface area (Å²) in [5, 5.41) is 17.9. The number of fused-ring (bicyclic) bond motifs is 1. The zero-order valence-corrected chi connectivity index (χ0v) is 10.4. The van der Waals surface area contributed by atoms with Crippen LogP contribution in [0.2, 0.25) is 0 Å². The summed E-state index contributed by atoms with van der Waals surface area (Å²) >= 11 is 0. The third-order valence-electron chi connectivity index (χ3n) is 2.53. The first-order valence-corrected chi connectivity index (χ1v) is 5.82. The van der Waals surface area contributed by atoms with Crippen molar-refractivity contribution in [3.05, 3.63) is 46.3 Å². The van der Waals surface area contributed by atoms with Crippen LogP contribution < -0.4 is 5.43 Å². The molecular weight excluding hydrogens is 260 g/mol. The molecule has 2 aromatic rings. The summed E-state index contributed by atoms with van der Waals surface area (Å²) in [6, 6.07) is 11.4. The lowest BCUT2D eigenvalue weighted by molar-refractivity contribution is -0.382.